The monoisotopic (exact) mass is 241 g/mol. The molecule has 0 spiro atoms. The Balaban J connectivity index is 0.000000722. The van der Waals surface area contributed by atoms with E-state index in [1.54, 1.807) is 0 Å². The van der Waals surface area contributed by atoms with Gasteiger partial charge >= 0.3 is 0 Å². The summed E-state index contributed by atoms with van der Waals surface area (Å²) in [6.07, 6.45) is 0. The fraction of sp³-hybridized carbons (Fsp3) is 0. The number of rotatable bonds is 0. The summed E-state index contributed by atoms with van der Waals surface area (Å²) in [5.41, 5.74) is 1.88. The van der Waals surface area contributed by atoms with Crippen LogP contribution in [0.1, 0.15) is 0 Å². The minimum Gasteiger partial charge on any atom is -0.354 e. The topological polar surface area (TPSA) is 32.9 Å². The molecular weight excluding hydrogens is 232 g/mol. The number of hydrogen-bond acceptors (Lipinski definition) is 1. The van der Waals surface area contributed by atoms with Crippen LogP contribution in [0, 0.1) is 0 Å². The second-order valence-corrected chi connectivity index (χ2v) is 3.55. The van der Waals surface area contributed by atoms with Crippen molar-refractivity contribution >= 4 is 80.9 Å². The van der Waals surface area contributed by atoms with Crippen LogP contribution in [0.2, 0.25) is 0 Å². The first-order chi connectivity index (χ1) is 7.36. The average molecular weight is 241 g/mol. The maximum Gasteiger partial charge on any atom is 0.197 e. The first-order valence-electron chi connectivity index (χ1n) is 4.86. The summed E-state index contributed by atoms with van der Waals surface area (Å²) in [6, 6.07) is 15.1. The van der Waals surface area contributed by atoms with Crippen molar-refractivity contribution in [2.75, 3.05) is 0 Å². The molecule has 0 aliphatic rings. The zero-order chi connectivity index (χ0) is 10.3. The first kappa shape index (κ1) is 15.0. The Labute approximate surface area is 143 Å². The zero-order valence-electron chi connectivity index (χ0n) is 10.0. The Kier molecular flexibility index (Phi) is 5.45. The average Bonchev–Trinajstić information content (AvgIpc) is 2.30. The molecule has 0 aliphatic heterocycles. The van der Waals surface area contributed by atoms with Gasteiger partial charge in [-0.15, -0.1) is 0 Å². The van der Waals surface area contributed by atoms with E-state index >= 15 is 0 Å². The number of hydrogen-bond donors (Lipinski definition) is 1. The van der Waals surface area contributed by atoms with Gasteiger partial charge in [-0.05, 0) is 24.3 Å². The third-order valence-corrected chi connectivity index (χ3v) is 2.61. The minimum atomic E-state index is 0. The molecule has 0 aliphatic carbocycles. The molecule has 1 heterocycles. The van der Waals surface area contributed by atoms with Crippen LogP contribution in [-0.2, 0) is 0 Å². The summed E-state index contributed by atoms with van der Waals surface area (Å²) in [7, 11) is 0. The van der Waals surface area contributed by atoms with Crippen molar-refractivity contribution in [1.29, 1.82) is 0 Å². The number of aromatic amines is 1. The maximum absolute atomic E-state index is 12.1. The molecule has 2 radical (unpaired) electrons. The summed E-state index contributed by atoms with van der Waals surface area (Å²) in [6.45, 7) is 0. The van der Waals surface area contributed by atoms with E-state index in [9.17, 15) is 4.79 Å². The summed E-state index contributed by atoms with van der Waals surface area (Å²) in [4.78, 5) is 15.3. The van der Waals surface area contributed by atoms with Gasteiger partial charge < -0.3 is 4.98 Å². The van der Waals surface area contributed by atoms with E-state index in [2.05, 4.69) is 4.98 Å². The summed E-state index contributed by atoms with van der Waals surface area (Å²) < 4.78 is 0. The predicted molar refractivity (Wildman–Crippen MR) is 73.6 cm³/mol. The molecule has 3 aromatic rings. The summed E-state index contributed by atoms with van der Waals surface area (Å²) >= 11 is 0. The van der Waals surface area contributed by atoms with Crippen molar-refractivity contribution in [2.24, 2.45) is 0 Å². The van der Waals surface area contributed by atoms with Crippen LogP contribution in [0.5, 0.6) is 0 Å². The second-order valence-electron chi connectivity index (χ2n) is 3.55. The van der Waals surface area contributed by atoms with Gasteiger partial charge in [0.1, 0.15) is 0 Å². The Morgan fingerprint density at radius 2 is 1.12 bits per heavy atom. The van der Waals surface area contributed by atoms with Gasteiger partial charge in [-0.1, -0.05) is 24.3 Å². The number of fused-ring (bicyclic) bond motifs is 2. The van der Waals surface area contributed by atoms with Crippen molar-refractivity contribution in [1.82, 2.24) is 4.98 Å². The number of para-hydroxylation sites is 2. The third kappa shape index (κ3) is 2.68. The van der Waals surface area contributed by atoms with Crippen molar-refractivity contribution in [3.8, 4) is 0 Å². The van der Waals surface area contributed by atoms with Gasteiger partial charge in [0.05, 0.1) is 0 Å². The van der Waals surface area contributed by atoms with E-state index < -0.39 is 0 Å². The number of H-pyrrole nitrogens is 1. The smallest absolute Gasteiger partial charge is 0.197 e. The molecule has 0 saturated heterocycles. The van der Waals surface area contributed by atoms with Gasteiger partial charge in [0.2, 0.25) is 0 Å². The minimum absolute atomic E-state index is 0. The fourth-order valence-electron chi connectivity index (χ4n) is 1.87. The molecule has 0 unspecified atom stereocenters. The van der Waals surface area contributed by atoms with Crippen LogP contribution >= 0.6 is 0 Å². The van der Waals surface area contributed by atoms with Crippen molar-refractivity contribution in [3.63, 3.8) is 0 Å². The normalized spacial score (nSPS) is 9.65. The van der Waals surface area contributed by atoms with Crippen LogP contribution in [-0.4, -0.2) is 64.1 Å². The molecular formula is C13H9NNa2O. The predicted octanol–water partition coefficient (Wildman–Crippen LogP) is 1.92. The standard InChI is InChI=1S/C13H9NO.2Na/c15-13-9-5-1-3-7-11(9)14-12-8-4-2-6-10(12)13;;/h1-8H,(H,14,15);;. The maximum atomic E-state index is 12.1. The van der Waals surface area contributed by atoms with E-state index in [4.69, 9.17) is 0 Å². The van der Waals surface area contributed by atoms with Crippen molar-refractivity contribution in [2.45, 2.75) is 0 Å². The molecule has 0 fully saturated rings. The van der Waals surface area contributed by atoms with Crippen LogP contribution in [0.15, 0.2) is 53.3 Å². The Morgan fingerprint density at radius 1 is 0.706 bits per heavy atom. The van der Waals surface area contributed by atoms with Gasteiger partial charge in [0.25, 0.3) is 0 Å². The van der Waals surface area contributed by atoms with E-state index in [0.717, 1.165) is 21.8 Å². The molecule has 0 atom stereocenters. The quantitative estimate of drug-likeness (QED) is 0.473. The SMILES string of the molecule is O=c1c2ccccc2[nH]c2ccccc12.[Na].[Na]. The van der Waals surface area contributed by atoms with E-state index in [1.807, 2.05) is 48.5 Å². The number of nitrogens with one attached hydrogen (secondary N) is 1. The van der Waals surface area contributed by atoms with E-state index in [0.29, 0.717) is 0 Å². The number of benzene rings is 2. The molecule has 1 aromatic heterocycles. The molecule has 2 nitrogen and oxygen atoms in total. The summed E-state index contributed by atoms with van der Waals surface area (Å²) in [5.74, 6) is 0. The molecule has 0 bridgehead atoms. The summed E-state index contributed by atoms with van der Waals surface area (Å²) in [5, 5.41) is 1.49. The second kappa shape index (κ2) is 6.19. The molecule has 3 rings (SSSR count). The van der Waals surface area contributed by atoms with Gasteiger partial charge in [0.15, 0.2) is 5.43 Å². The van der Waals surface area contributed by atoms with Crippen LogP contribution in [0.25, 0.3) is 21.8 Å². The molecule has 0 saturated carbocycles. The third-order valence-electron chi connectivity index (χ3n) is 2.61. The Morgan fingerprint density at radius 3 is 1.59 bits per heavy atom. The molecule has 4 heteroatoms. The van der Waals surface area contributed by atoms with Gasteiger partial charge in [0, 0.05) is 80.9 Å². The number of aromatic nitrogens is 1. The van der Waals surface area contributed by atoms with E-state index in [1.165, 1.54) is 0 Å². The van der Waals surface area contributed by atoms with Crippen LogP contribution in [0.4, 0.5) is 0 Å². The van der Waals surface area contributed by atoms with Crippen LogP contribution in [0.3, 0.4) is 0 Å². The van der Waals surface area contributed by atoms with Crippen LogP contribution < -0.4 is 5.43 Å². The molecule has 74 valence electrons. The van der Waals surface area contributed by atoms with Gasteiger partial charge in [-0.3, -0.25) is 4.79 Å². The Hall–Kier alpha value is -0.0900. The van der Waals surface area contributed by atoms with Crippen molar-refractivity contribution in [3.05, 3.63) is 58.8 Å². The van der Waals surface area contributed by atoms with Crippen molar-refractivity contribution < 1.29 is 0 Å². The molecule has 0 amide bonds. The largest absolute Gasteiger partial charge is 0.354 e. The van der Waals surface area contributed by atoms with Gasteiger partial charge in [-0.2, -0.15) is 0 Å². The Bertz CT molecular complexity index is 649. The molecule has 1 N–H and O–H groups in total. The molecule has 2 aromatic carbocycles. The zero-order valence-corrected chi connectivity index (χ0v) is 14.0. The number of pyridine rings is 1. The first-order valence-corrected chi connectivity index (χ1v) is 4.86. The van der Waals surface area contributed by atoms with Gasteiger partial charge in [-0.25, -0.2) is 0 Å². The molecule has 17 heavy (non-hydrogen) atoms. The van der Waals surface area contributed by atoms with E-state index in [-0.39, 0.29) is 64.5 Å². The fourth-order valence-corrected chi connectivity index (χ4v) is 1.87.